The second-order valence-electron chi connectivity index (χ2n) is 5.07. The molecule has 0 aliphatic heterocycles. The summed E-state index contributed by atoms with van der Waals surface area (Å²) in [4.78, 5) is 0.601. The lowest BCUT2D eigenvalue weighted by Crippen LogP contribution is -2.12. The van der Waals surface area contributed by atoms with Crippen LogP contribution in [0.2, 0.25) is 0 Å². The van der Waals surface area contributed by atoms with Crippen LogP contribution in [0.25, 0.3) is 17.7 Å². The van der Waals surface area contributed by atoms with E-state index < -0.39 is 14.0 Å². The Kier molecular flexibility index (Phi) is 3.39. The van der Waals surface area contributed by atoms with Crippen LogP contribution in [-0.4, -0.2) is 25.4 Å². The molecule has 0 saturated carbocycles. The van der Waals surface area contributed by atoms with Gasteiger partial charge in [-0.25, -0.2) is 0 Å². The van der Waals surface area contributed by atoms with Crippen molar-refractivity contribution in [3.05, 3.63) is 76.9 Å². The molecule has 0 saturated heterocycles. The smallest absolute Gasteiger partial charge is 0.0394 e. The highest BCUT2D eigenvalue weighted by Crippen LogP contribution is 2.33. The van der Waals surface area contributed by atoms with Crippen molar-refractivity contribution in [3.63, 3.8) is 0 Å². The van der Waals surface area contributed by atoms with Crippen molar-refractivity contribution >= 4 is 30.1 Å². The Balaban J connectivity index is 0.00000280. The first kappa shape index (κ1) is 10.0. The Labute approximate surface area is 147 Å². The summed E-state index contributed by atoms with van der Waals surface area (Å²) in [6.07, 6.45) is 6.38. The van der Waals surface area contributed by atoms with Gasteiger partial charge in [-0.2, -0.15) is 0 Å². The molecule has 0 aromatic heterocycles. The van der Waals surface area contributed by atoms with Crippen LogP contribution in [0.5, 0.6) is 0 Å². The molecule has 0 radical (unpaired) electrons. The van der Waals surface area contributed by atoms with Crippen LogP contribution in [0.3, 0.4) is 0 Å². The molecule has 0 heterocycles. The Bertz CT molecular complexity index is 817. The molecule has 1 aliphatic carbocycles. The highest BCUT2D eigenvalue weighted by atomic mass is 35.5. The Morgan fingerprint density at radius 3 is 2.00 bits per heavy atom. The maximum atomic E-state index is 7.51. The first-order chi connectivity index (χ1) is 12.7. The fourth-order valence-corrected chi connectivity index (χ4v) is 2.66. The second-order valence-corrected chi connectivity index (χ2v) is 5.07. The maximum Gasteiger partial charge on any atom is 0.0394 e. The summed E-state index contributed by atoms with van der Waals surface area (Å²) in [7, 11) is 0. The molecule has 0 amide bonds. The first-order valence-corrected chi connectivity index (χ1v) is 7.03. The first-order valence-electron chi connectivity index (χ1n) is 10.0. The van der Waals surface area contributed by atoms with Gasteiger partial charge in [0.1, 0.15) is 0 Å². The van der Waals surface area contributed by atoms with Crippen LogP contribution in [0, 0.1) is 0 Å². The second kappa shape index (κ2) is 7.44. The Hall–Kier alpha value is -1.83. The molecule has 2 aromatic rings. The zero-order chi connectivity index (χ0) is 19.7. The van der Waals surface area contributed by atoms with Gasteiger partial charge in [0, 0.05) is 14.8 Å². The van der Waals surface area contributed by atoms with Crippen molar-refractivity contribution in [1.82, 2.24) is 4.90 Å². The normalized spacial score (nSPS) is 17.4. The number of benzene rings is 2. The van der Waals surface area contributed by atoms with Crippen LogP contribution >= 0.6 is 12.4 Å². The van der Waals surface area contributed by atoms with E-state index in [1.807, 2.05) is 54.6 Å². The van der Waals surface area contributed by atoms with Crippen LogP contribution in [0.1, 0.15) is 36.9 Å². The highest BCUT2D eigenvalue weighted by molar-refractivity contribution is 5.93. The van der Waals surface area contributed by atoms with E-state index >= 15 is 0 Å². The summed E-state index contributed by atoms with van der Waals surface area (Å²) >= 11 is 0. The minimum Gasteiger partial charge on any atom is -0.309 e. The fourth-order valence-electron chi connectivity index (χ4n) is 2.66. The van der Waals surface area contributed by atoms with Crippen LogP contribution in [-0.2, 0) is 0 Å². The molecule has 2 aromatic carbocycles. The standard InChI is InChI=1S/C20H21N.ClH/c1-21(2)15-7-12-20-18-10-5-3-8-16(18)13-14-17-9-4-6-11-19(17)20;/h3-6,8-14H,7,15H2,1-2H3;1H/i1D3,2D3;. The molecule has 0 fully saturated rings. The SMILES string of the molecule is Cl.[2H]C([2H])([2H])N(CCC=C1c2ccccc2C=Cc2ccccc21)C([2H])([2H])[2H]. The van der Waals surface area contributed by atoms with Crippen molar-refractivity contribution in [2.24, 2.45) is 0 Å². The third-order valence-electron chi connectivity index (χ3n) is 3.65. The maximum absolute atomic E-state index is 7.51. The van der Waals surface area contributed by atoms with Gasteiger partial charge < -0.3 is 4.90 Å². The molecular formula is C20H22ClN. The van der Waals surface area contributed by atoms with E-state index in [-0.39, 0.29) is 19.0 Å². The predicted octanol–water partition coefficient (Wildman–Crippen LogP) is 4.98. The topological polar surface area (TPSA) is 3.24 Å². The minimum absolute atomic E-state index is 0. The number of rotatable bonds is 3. The van der Waals surface area contributed by atoms with Gasteiger partial charge in [-0.3, -0.25) is 0 Å². The van der Waals surface area contributed by atoms with Gasteiger partial charge >= 0.3 is 0 Å². The molecule has 2 heteroatoms. The summed E-state index contributed by atoms with van der Waals surface area (Å²) < 4.78 is 45.0. The fraction of sp³-hybridized carbons (Fsp3) is 0.200. The average molecular weight is 318 g/mol. The third kappa shape index (κ3) is 3.49. The molecule has 1 nitrogen and oxygen atoms in total. The van der Waals surface area contributed by atoms with E-state index in [4.69, 9.17) is 8.22 Å². The Morgan fingerprint density at radius 2 is 1.45 bits per heavy atom. The largest absolute Gasteiger partial charge is 0.309 e. The van der Waals surface area contributed by atoms with Gasteiger partial charge in [-0.1, -0.05) is 66.8 Å². The van der Waals surface area contributed by atoms with Crippen molar-refractivity contribution in [3.8, 4) is 0 Å². The van der Waals surface area contributed by atoms with Gasteiger partial charge in [-0.05, 0) is 48.2 Å². The molecule has 114 valence electrons. The molecule has 0 atom stereocenters. The molecule has 22 heavy (non-hydrogen) atoms. The van der Waals surface area contributed by atoms with Gasteiger partial charge in [0.05, 0.1) is 0 Å². The van der Waals surface area contributed by atoms with Gasteiger partial charge in [0.25, 0.3) is 0 Å². The predicted molar refractivity (Wildman–Crippen MR) is 99.3 cm³/mol. The van der Waals surface area contributed by atoms with Crippen LogP contribution in [0.15, 0.2) is 54.6 Å². The van der Waals surface area contributed by atoms with Gasteiger partial charge in [0.2, 0.25) is 0 Å². The van der Waals surface area contributed by atoms with Crippen LogP contribution in [0.4, 0.5) is 0 Å². The monoisotopic (exact) mass is 317 g/mol. The highest BCUT2D eigenvalue weighted by Gasteiger charge is 2.13. The average Bonchev–Trinajstić information content (AvgIpc) is 2.74. The van der Waals surface area contributed by atoms with E-state index in [0.717, 1.165) is 27.8 Å². The van der Waals surface area contributed by atoms with E-state index in [2.05, 4.69) is 12.2 Å². The molecule has 3 rings (SSSR count). The van der Waals surface area contributed by atoms with E-state index in [9.17, 15) is 0 Å². The molecule has 1 aliphatic rings. The zero-order valence-electron chi connectivity index (χ0n) is 18.1. The van der Waals surface area contributed by atoms with Crippen molar-refractivity contribution in [2.45, 2.75) is 6.42 Å². The van der Waals surface area contributed by atoms with E-state index in [1.54, 1.807) is 0 Å². The minimum atomic E-state index is -2.66. The zero-order valence-corrected chi connectivity index (χ0v) is 12.9. The molecule has 0 N–H and O–H groups in total. The molecule has 0 unspecified atom stereocenters. The summed E-state index contributed by atoms with van der Waals surface area (Å²) in [6, 6.07) is 16.0. The van der Waals surface area contributed by atoms with Crippen LogP contribution < -0.4 is 0 Å². The van der Waals surface area contributed by atoms with Crippen molar-refractivity contribution in [2.75, 3.05) is 20.5 Å². The number of hydrogen-bond donors (Lipinski definition) is 0. The van der Waals surface area contributed by atoms with Gasteiger partial charge in [-0.15, -0.1) is 12.4 Å². The molecule has 0 bridgehead atoms. The number of halogens is 1. The van der Waals surface area contributed by atoms with Gasteiger partial charge in [0.15, 0.2) is 0 Å². The lowest BCUT2D eigenvalue weighted by molar-refractivity contribution is 0.417. The number of nitrogens with zero attached hydrogens (tertiary/aromatic N) is 1. The summed E-state index contributed by atoms with van der Waals surface area (Å²) in [5.41, 5.74) is 5.23. The van der Waals surface area contributed by atoms with Crippen molar-refractivity contribution in [1.29, 1.82) is 0 Å². The van der Waals surface area contributed by atoms with Crippen molar-refractivity contribution < 1.29 is 8.22 Å². The summed E-state index contributed by atoms with van der Waals surface area (Å²) in [5.74, 6) is 0. The number of fused-ring (bicyclic) bond motifs is 2. The van der Waals surface area contributed by atoms with E-state index in [0.29, 0.717) is 11.3 Å². The summed E-state index contributed by atoms with van der Waals surface area (Å²) in [5, 5.41) is 0. The Morgan fingerprint density at radius 1 is 0.909 bits per heavy atom. The molecule has 0 spiro atoms. The summed E-state index contributed by atoms with van der Waals surface area (Å²) in [6.45, 7) is -5.40. The lowest BCUT2D eigenvalue weighted by atomic mass is 9.93. The number of hydrogen-bond acceptors (Lipinski definition) is 1. The molecular weight excluding hydrogens is 290 g/mol. The third-order valence-corrected chi connectivity index (χ3v) is 3.65. The quantitative estimate of drug-likeness (QED) is 0.659. The van der Waals surface area contributed by atoms with E-state index in [1.165, 1.54) is 0 Å². The lowest BCUT2D eigenvalue weighted by Gasteiger charge is -2.13.